The summed E-state index contributed by atoms with van der Waals surface area (Å²) < 4.78 is 5.11. The lowest BCUT2D eigenvalue weighted by molar-refractivity contribution is 0.0946. The van der Waals surface area contributed by atoms with Crippen LogP contribution in [0.2, 0.25) is 5.02 Å². The van der Waals surface area contributed by atoms with Gasteiger partial charge in [-0.1, -0.05) is 23.7 Å². The molecule has 0 fully saturated rings. The molecule has 0 unspecified atom stereocenters. The number of nitrogens with one attached hydrogen (secondary N) is 2. The number of halogens is 1. The molecule has 0 aliphatic heterocycles. The van der Waals surface area contributed by atoms with Crippen LogP contribution in [0.15, 0.2) is 36.5 Å². The molecule has 0 radical (unpaired) electrons. The van der Waals surface area contributed by atoms with Crippen molar-refractivity contribution < 1.29 is 9.53 Å². The first-order valence-corrected chi connectivity index (χ1v) is 5.82. The fourth-order valence-electron chi connectivity index (χ4n) is 1.56. The van der Waals surface area contributed by atoms with Crippen molar-refractivity contribution >= 4 is 17.5 Å². The number of methoxy groups -OCH3 is 1. The number of aromatic nitrogens is 1. The predicted molar refractivity (Wildman–Crippen MR) is 70.0 cm³/mol. The Bertz CT molecular complexity index is 551. The molecular weight excluding hydrogens is 252 g/mol. The summed E-state index contributed by atoms with van der Waals surface area (Å²) >= 11 is 5.73. The molecule has 1 aromatic carbocycles. The van der Waals surface area contributed by atoms with Crippen molar-refractivity contribution in [2.75, 3.05) is 7.11 Å². The van der Waals surface area contributed by atoms with E-state index in [0.717, 1.165) is 11.3 Å². The number of aromatic amines is 1. The Morgan fingerprint density at radius 1 is 1.44 bits per heavy atom. The minimum absolute atomic E-state index is 0.190. The molecule has 0 atom stereocenters. The topological polar surface area (TPSA) is 54.1 Å². The highest BCUT2D eigenvalue weighted by Gasteiger charge is 2.07. The van der Waals surface area contributed by atoms with Crippen molar-refractivity contribution in [2.24, 2.45) is 0 Å². The molecule has 0 bridgehead atoms. The lowest BCUT2D eigenvalue weighted by Crippen LogP contribution is -2.23. The van der Waals surface area contributed by atoms with Gasteiger partial charge in [-0.25, -0.2) is 0 Å². The van der Waals surface area contributed by atoms with Gasteiger partial charge in [0.05, 0.1) is 12.1 Å². The highest BCUT2D eigenvalue weighted by molar-refractivity contribution is 6.30. The van der Waals surface area contributed by atoms with Crippen molar-refractivity contribution in [3.05, 3.63) is 52.8 Å². The maximum absolute atomic E-state index is 11.8. The van der Waals surface area contributed by atoms with Crippen LogP contribution in [-0.2, 0) is 6.54 Å². The Morgan fingerprint density at radius 2 is 2.28 bits per heavy atom. The van der Waals surface area contributed by atoms with Gasteiger partial charge in [-0.15, -0.1) is 0 Å². The Labute approximate surface area is 110 Å². The summed E-state index contributed by atoms with van der Waals surface area (Å²) in [6.45, 7) is 0.437. The van der Waals surface area contributed by atoms with Gasteiger partial charge >= 0.3 is 0 Å². The summed E-state index contributed by atoms with van der Waals surface area (Å²) in [4.78, 5) is 14.5. The molecule has 18 heavy (non-hydrogen) atoms. The summed E-state index contributed by atoms with van der Waals surface area (Å²) in [6, 6.07) is 9.12. The lowest BCUT2D eigenvalue weighted by Gasteiger charge is -2.06. The number of H-pyrrole nitrogens is 1. The Morgan fingerprint density at radius 3 is 2.94 bits per heavy atom. The SMILES string of the molecule is COc1cccc(CNC(=O)c2cc(Cl)c[nH]2)c1. The summed E-state index contributed by atoms with van der Waals surface area (Å²) in [7, 11) is 1.61. The molecule has 2 aromatic rings. The molecule has 2 rings (SSSR count). The van der Waals surface area contributed by atoms with Crippen LogP contribution >= 0.6 is 11.6 Å². The summed E-state index contributed by atoms with van der Waals surface area (Å²) in [5, 5.41) is 3.31. The van der Waals surface area contributed by atoms with Gasteiger partial charge in [0, 0.05) is 12.7 Å². The zero-order valence-corrected chi connectivity index (χ0v) is 10.6. The fourth-order valence-corrected chi connectivity index (χ4v) is 1.72. The van der Waals surface area contributed by atoms with Crippen LogP contribution < -0.4 is 10.1 Å². The van der Waals surface area contributed by atoms with Gasteiger partial charge in [0.25, 0.3) is 5.91 Å². The first-order valence-electron chi connectivity index (χ1n) is 5.44. The van der Waals surface area contributed by atoms with E-state index in [2.05, 4.69) is 10.3 Å². The van der Waals surface area contributed by atoms with E-state index in [4.69, 9.17) is 16.3 Å². The summed E-state index contributed by atoms with van der Waals surface area (Å²) in [5.74, 6) is 0.578. The van der Waals surface area contributed by atoms with E-state index in [1.165, 1.54) is 0 Å². The third kappa shape index (κ3) is 3.05. The van der Waals surface area contributed by atoms with Crippen LogP contribution in [0.5, 0.6) is 5.75 Å². The number of amides is 1. The minimum Gasteiger partial charge on any atom is -0.497 e. The van der Waals surface area contributed by atoms with E-state index < -0.39 is 0 Å². The molecule has 2 N–H and O–H groups in total. The maximum Gasteiger partial charge on any atom is 0.268 e. The minimum atomic E-state index is -0.190. The average Bonchev–Trinajstić information content (AvgIpc) is 2.83. The third-order valence-electron chi connectivity index (χ3n) is 2.48. The second-order valence-corrected chi connectivity index (χ2v) is 4.20. The lowest BCUT2D eigenvalue weighted by atomic mass is 10.2. The van der Waals surface area contributed by atoms with E-state index in [1.54, 1.807) is 19.4 Å². The molecule has 0 aliphatic rings. The Hall–Kier alpha value is -1.94. The van der Waals surface area contributed by atoms with Gasteiger partial charge in [0.1, 0.15) is 11.4 Å². The van der Waals surface area contributed by atoms with Gasteiger partial charge in [-0.3, -0.25) is 4.79 Å². The number of carbonyl (C=O) groups is 1. The number of ether oxygens (including phenoxy) is 1. The van der Waals surface area contributed by atoms with Crippen LogP contribution in [0.1, 0.15) is 16.1 Å². The molecule has 4 nitrogen and oxygen atoms in total. The van der Waals surface area contributed by atoms with Gasteiger partial charge in [0.15, 0.2) is 0 Å². The number of carbonyl (C=O) groups excluding carboxylic acids is 1. The van der Waals surface area contributed by atoms with E-state index in [9.17, 15) is 4.79 Å². The van der Waals surface area contributed by atoms with E-state index in [0.29, 0.717) is 17.3 Å². The predicted octanol–water partition coefficient (Wildman–Crippen LogP) is 2.61. The van der Waals surface area contributed by atoms with Gasteiger partial charge in [0.2, 0.25) is 0 Å². The summed E-state index contributed by atoms with van der Waals surface area (Å²) in [6.07, 6.45) is 1.57. The Balaban J connectivity index is 1.97. The van der Waals surface area contributed by atoms with Crippen molar-refractivity contribution in [3.63, 3.8) is 0 Å². The number of rotatable bonds is 4. The fraction of sp³-hybridized carbons (Fsp3) is 0.154. The second-order valence-electron chi connectivity index (χ2n) is 3.77. The standard InChI is InChI=1S/C13H13ClN2O2/c1-18-11-4-2-3-9(5-11)7-16-13(17)12-6-10(14)8-15-12/h2-6,8,15H,7H2,1H3,(H,16,17). The van der Waals surface area contributed by atoms with Crippen LogP contribution in [0.3, 0.4) is 0 Å². The van der Waals surface area contributed by atoms with Crippen molar-refractivity contribution in [1.82, 2.24) is 10.3 Å². The van der Waals surface area contributed by atoms with Crippen LogP contribution in [0.4, 0.5) is 0 Å². The van der Waals surface area contributed by atoms with Crippen molar-refractivity contribution in [2.45, 2.75) is 6.54 Å². The first-order chi connectivity index (χ1) is 8.69. The number of hydrogen-bond acceptors (Lipinski definition) is 2. The molecule has 5 heteroatoms. The number of benzene rings is 1. The second kappa shape index (κ2) is 5.60. The largest absolute Gasteiger partial charge is 0.497 e. The highest BCUT2D eigenvalue weighted by atomic mass is 35.5. The molecule has 1 aromatic heterocycles. The quantitative estimate of drug-likeness (QED) is 0.892. The molecule has 0 saturated heterocycles. The average molecular weight is 265 g/mol. The normalized spacial score (nSPS) is 10.1. The Kier molecular flexibility index (Phi) is 3.89. The van der Waals surface area contributed by atoms with Crippen LogP contribution in [-0.4, -0.2) is 18.0 Å². The van der Waals surface area contributed by atoms with Crippen molar-refractivity contribution in [3.8, 4) is 5.75 Å². The molecular formula is C13H13ClN2O2. The maximum atomic E-state index is 11.8. The van der Waals surface area contributed by atoms with Gasteiger partial charge in [-0.05, 0) is 23.8 Å². The third-order valence-corrected chi connectivity index (χ3v) is 2.70. The van der Waals surface area contributed by atoms with E-state index >= 15 is 0 Å². The molecule has 94 valence electrons. The smallest absolute Gasteiger partial charge is 0.268 e. The van der Waals surface area contributed by atoms with Gasteiger partial charge in [-0.2, -0.15) is 0 Å². The van der Waals surface area contributed by atoms with E-state index in [1.807, 2.05) is 24.3 Å². The summed E-state index contributed by atoms with van der Waals surface area (Å²) in [5.41, 5.74) is 1.42. The molecule has 1 amide bonds. The molecule has 0 spiro atoms. The zero-order valence-electron chi connectivity index (χ0n) is 9.87. The number of hydrogen-bond donors (Lipinski definition) is 2. The van der Waals surface area contributed by atoms with Crippen LogP contribution in [0.25, 0.3) is 0 Å². The van der Waals surface area contributed by atoms with Crippen molar-refractivity contribution in [1.29, 1.82) is 0 Å². The monoisotopic (exact) mass is 264 g/mol. The van der Waals surface area contributed by atoms with E-state index in [-0.39, 0.29) is 5.91 Å². The zero-order chi connectivity index (χ0) is 13.0. The first kappa shape index (κ1) is 12.5. The van der Waals surface area contributed by atoms with Crippen LogP contribution in [0, 0.1) is 0 Å². The highest BCUT2D eigenvalue weighted by Crippen LogP contribution is 2.13. The molecule has 1 heterocycles. The molecule has 0 aliphatic carbocycles. The van der Waals surface area contributed by atoms with Gasteiger partial charge < -0.3 is 15.0 Å². The molecule has 0 saturated carbocycles.